The maximum atomic E-state index is 4.00. The summed E-state index contributed by atoms with van der Waals surface area (Å²) in [6, 6.07) is 5.97. The standard InChI is InChI=1S/C10H12BrN5/c1-7-8(11)4-3-5-9(7)16-10(6-12-2)13-14-15-16/h3-5,12H,6H2,1-2H3. The van der Waals surface area contributed by atoms with Gasteiger partial charge in [0.05, 0.1) is 12.2 Å². The van der Waals surface area contributed by atoms with E-state index in [9.17, 15) is 0 Å². The zero-order chi connectivity index (χ0) is 11.5. The number of aromatic nitrogens is 4. The fourth-order valence-electron chi connectivity index (χ4n) is 1.49. The molecule has 1 aromatic heterocycles. The van der Waals surface area contributed by atoms with Crippen LogP contribution in [0.3, 0.4) is 0 Å². The highest BCUT2D eigenvalue weighted by atomic mass is 79.9. The molecule has 1 N–H and O–H groups in total. The number of nitrogens with one attached hydrogen (secondary N) is 1. The van der Waals surface area contributed by atoms with Gasteiger partial charge in [-0.3, -0.25) is 0 Å². The van der Waals surface area contributed by atoms with Crippen LogP contribution >= 0.6 is 15.9 Å². The van der Waals surface area contributed by atoms with Crippen molar-refractivity contribution in [3.63, 3.8) is 0 Å². The Labute approximate surface area is 102 Å². The quantitative estimate of drug-likeness (QED) is 0.925. The van der Waals surface area contributed by atoms with E-state index in [1.807, 2.05) is 32.2 Å². The van der Waals surface area contributed by atoms with E-state index in [0.29, 0.717) is 6.54 Å². The summed E-state index contributed by atoms with van der Waals surface area (Å²) in [6.45, 7) is 2.67. The van der Waals surface area contributed by atoms with E-state index in [1.54, 1.807) is 4.68 Å². The summed E-state index contributed by atoms with van der Waals surface area (Å²) in [5.41, 5.74) is 2.11. The van der Waals surface area contributed by atoms with Gasteiger partial charge in [-0.2, -0.15) is 4.68 Å². The minimum atomic E-state index is 0.638. The highest BCUT2D eigenvalue weighted by Gasteiger charge is 2.10. The molecule has 0 aliphatic rings. The van der Waals surface area contributed by atoms with Crippen LogP contribution in [-0.4, -0.2) is 27.3 Å². The number of benzene rings is 1. The van der Waals surface area contributed by atoms with Crippen LogP contribution in [0.5, 0.6) is 0 Å². The average molecular weight is 282 g/mol. The molecule has 0 saturated heterocycles. The Kier molecular flexibility index (Phi) is 3.31. The third kappa shape index (κ3) is 1.98. The number of nitrogens with zero attached hydrogens (tertiary/aromatic N) is 4. The van der Waals surface area contributed by atoms with Gasteiger partial charge in [0.25, 0.3) is 0 Å². The molecule has 1 heterocycles. The molecule has 0 spiro atoms. The Hall–Kier alpha value is -1.27. The first kappa shape index (κ1) is 11.2. The van der Waals surface area contributed by atoms with Crippen LogP contribution in [0.25, 0.3) is 5.69 Å². The van der Waals surface area contributed by atoms with E-state index in [0.717, 1.165) is 21.5 Å². The van der Waals surface area contributed by atoms with Crippen molar-refractivity contribution in [2.45, 2.75) is 13.5 Å². The van der Waals surface area contributed by atoms with Crippen LogP contribution in [0, 0.1) is 6.92 Å². The van der Waals surface area contributed by atoms with Crippen molar-refractivity contribution in [1.29, 1.82) is 0 Å². The molecular weight excluding hydrogens is 270 g/mol. The third-order valence-corrected chi connectivity index (χ3v) is 3.20. The SMILES string of the molecule is CNCc1nnnn1-c1cccc(Br)c1C. The fraction of sp³-hybridized carbons (Fsp3) is 0.300. The molecule has 2 rings (SSSR count). The number of rotatable bonds is 3. The second kappa shape index (κ2) is 4.71. The summed E-state index contributed by atoms with van der Waals surface area (Å²) in [7, 11) is 1.87. The van der Waals surface area contributed by atoms with E-state index < -0.39 is 0 Å². The second-order valence-electron chi connectivity index (χ2n) is 3.42. The molecule has 16 heavy (non-hydrogen) atoms. The predicted molar refractivity (Wildman–Crippen MR) is 64.4 cm³/mol. The largest absolute Gasteiger partial charge is 0.313 e. The maximum Gasteiger partial charge on any atom is 0.170 e. The first-order valence-corrected chi connectivity index (χ1v) is 5.70. The number of hydrogen-bond acceptors (Lipinski definition) is 4. The molecule has 6 heteroatoms. The van der Waals surface area contributed by atoms with Gasteiger partial charge in [-0.1, -0.05) is 22.0 Å². The van der Waals surface area contributed by atoms with Gasteiger partial charge in [-0.25, -0.2) is 0 Å². The molecule has 0 aliphatic heterocycles. The van der Waals surface area contributed by atoms with E-state index >= 15 is 0 Å². The zero-order valence-electron chi connectivity index (χ0n) is 9.11. The van der Waals surface area contributed by atoms with Crippen molar-refractivity contribution in [3.05, 3.63) is 34.1 Å². The monoisotopic (exact) mass is 281 g/mol. The molecule has 0 unspecified atom stereocenters. The Balaban J connectivity index is 2.50. The zero-order valence-corrected chi connectivity index (χ0v) is 10.7. The molecule has 0 fully saturated rings. The van der Waals surface area contributed by atoms with Gasteiger partial charge in [0.2, 0.25) is 0 Å². The lowest BCUT2D eigenvalue weighted by atomic mass is 10.2. The molecule has 0 bridgehead atoms. The van der Waals surface area contributed by atoms with Gasteiger partial charge in [0.15, 0.2) is 5.82 Å². The van der Waals surface area contributed by atoms with Crippen molar-refractivity contribution in [3.8, 4) is 5.69 Å². The lowest BCUT2D eigenvalue weighted by molar-refractivity contribution is 0.706. The summed E-state index contributed by atoms with van der Waals surface area (Å²) >= 11 is 3.50. The van der Waals surface area contributed by atoms with Crippen LogP contribution in [0.15, 0.2) is 22.7 Å². The average Bonchev–Trinajstić information content (AvgIpc) is 2.71. The van der Waals surface area contributed by atoms with Crippen molar-refractivity contribution >= 4 is 15.9 Å². The van der Waals surface area contributed by atoms with E-state index in [4.69, 9.17) is 0 Å². The number of tetrazole rings is 1. The summed E-state index contributed by atoms with van der Waals surface area (Å²) in [5, 5.41) is 14.7. The van der Waals surface area contributed by atoms with Crippen LogP contribution in [0.2, 0.25) is 0 Å². The van der Waals surface area contributed by atoms with Gasteiger partial charge < -0.3 is 5.32 Å². The topological polar surface area (TPSA) is 55.6 Å². The molecule has 5 nitrogen and oxygen atoms in total. The summed E-state index contributed by atoms with van der Waals surface area (Å²) < 4.78 is 2.80. The summed E-state index contributed by atoms with van der Waals surface area (Å²) in [6.07, 6.45) is 0. The number of halogens is 1. The van der Waals surface area contributed by atoms with Crippen LogP contribution in [-0.2, 0) is 6.54 Å². The van der Waals surface area contributed by atoms with Crippen LogP contribution in [0.1, 0.15) is 11.4 Å². The van der Waals surface area contributed by atoms with Crippen molar-refractivity contribution < 1.29 is 0 Å². The van der Waals surface area contributed by atoms with Crippen molar-refractivity contribution in [1.82, 2.24) is 25.5 Å². The first-order chi connectivity index (χ1) is 7.74. The molecule has 0 radical (unpaired) electrons. The molecule has 0 saturated carbocycles. The molecule has 84 valence electrons. The second-order valence-corrected chi connectivity index (χ2v) is 4.28. The van der Waals surface area contributed by atoms with Gasteiger partial charge in [-0.15, -0.1) is 5.10 Å². The van der Waals surface area contributed by atoms with Crippen LogP contribution in [0.4, 0.5) is 0 Å². The highest BCUT2D eigenvalue weighted by Crippen LogP contribution is 2.22. The van der Waals surface area contributed by atoms with Gasteiger partial charge >= 0.3 is 0 Å². The Morgan fingerprint density at radius 1 is 1.44 bits per heavy atom. The molecule has 0 atom stereocenters. The van der Waals surface area contributed by atoms with Gasteiger partial charge in [0, 0.05) is 4.47 Å². The lowest BCUT2D eigenvalue weighted by Gasteiger charge is -2.08. The Morgan fingerprint density at radius 3 is 3.00 bits per heavy atom. The summed E-state index contributed by atoms with van der Waals surface area (Å²) in [4.78, 5) is 0. The fourth-order valence-corrected chi connectivity index (χ4v) is 1.84. The normalized spacial score (nSPS) is 10.7. The smallest absolute Gasteiger partial charge is 0.170 e. The molecule has 0 amide bonds. The first-order valence-electron chi connectivity index (χ1n) is 4.91. The van der Waals surface area contributed by atoms with Crippen molar-refractivity contribution in [2.24, 2.45) is 0 Å². The number of hydrogen-bond donors (Lipinski definition) is 1. The Bertz CT molecular complexity index is 494. The van der Waals surface area contributed by atoms with E-state index in [2.05, 4.69) is 36.8 Å². The predicted octanol–water partition coefficient (Wildman–Crippen LogP) is 1.45. The summed E-state index contributed by atoms with van der Waals surface area (Å²) in [5.74, 6) is 0.795. The minimum Gasteiger partial charge on any atom is -0.313 e. The van der Waals surface area contributed by atoms with E-state index in [1.165, 1.54) is 0 Å². The highest BCUT2D eigenvalue weighted by molar-refractivity contribution is 9.10. The maximum absolute atomic E-state index is 4.00. The van der Waals surface area contributed by atoms with E-state index in [-0.39, 0.29) is 0 Å². The molecule has 0 aliphatic carbocycles. The molecular formula is C10H12BrN5. The molecule has 2 aromatic rings. The van der Waals surface area contributed by atoms with Crippen molar-refractivity contribution in [2.75, 3.05) is 7.05 Å². The third-order valence-electron chi connectivity index (χ3n) is 2.34. The van der Waals surface area contributed by atoms with Gasteiger partial charge in [-0.05, 0) is 42.1 Å². The minimum absolute atomic E-state index is 0.638. The van der Waals surface area contributed by atoms with Gasteiger partial charge in [0.1, 0.15) is 0 Å². The Morgan fingerprint density at radius 2 is 2.25 bits per heavy atom. The lowest BCUT2D eigenvalue weighted by Crippen LogP contribution is -2.12. The van der Waals surface area contributed by atoms with Crippen LogP contribution < -0.4 is 5.32 Å². The molecule has 1 aromatic carbocycles.